The Labute approximate surface area is 98.6 Å². The van der Waals surface area contributed by atoms with Gasteiger partial charge in [-0.05, 0) is 61.4 Å². The predicted octanol–water partition coefficient (Wildman–Crippen LogP) is 2.67. The summed E-state index contributed by atoms with van der Waals surface area (Å²) >= 11 is 2.34. The summed E-state index contributed by atoms with van der Waals surface area (Å²) < 4.78 is 1.27. The molecule has 0 radical (unpaired) electrons. The van der Waals surface area contributed by atoms with Crippen molar-refractivity contribution >= 4 is 22.6 Å². The fourth-order valence-corrected chi connectivity index (χ4v) is 2.27. The van der Waals surface area contributed by atoms with Crippen LogP contribution < -0.4 is 5.32 Å². The number of halogens is 1. The zero-order valence-corrected chi connectivity index (χ0v) is 10.7. The van der Waals surface area contributed by atoms with Crippen molar-refractivity contribution in [1.29, 1.82) is 0 Å². The van der Waals surface area contributed by atoms with Crippen LogP contribution in [0.4, 0.5) is 0 Å². The molecule has 14 heavy (non-hydrogen) atoms. The lowest BCUT2D eigenvalue weighted by atomic mass is 10.1. The van der Waals surface area contributed by atoms with Gasteiger partial charge in [-0.2, -0.15) is 0 Å². The number of hydrogen-bond acceptors (Lipinski definition) is 2. The molecule has 1 fully saturated rings. The topological polar surface area (TPSA) is 24.9 Å². The second kappa shape index (κ2) is 3.77. The van der Waals surface area contributed by atoms with Gasteiger partial charge in [0.05, 0.1) is 11.2 Å². The van der Waals surface area contributed by atoms with E-state index in [0.717, 1.165) is 0 Å². The smallest absolute Gasteiger partial charge is 0.0615 e. The van der Waals surface area contributed by atoms with E-state index >= 15 is 0 Å². The molecule has 1 N–H and O–H groups in total. The van der Waals surface area contributed by atoms with Gasteiger partial charge >= 0.3 is 0 Å². The van der Waals surface area contributed by atoms with E-state index < -0.39 is 0 Å². The maximum absolute atomic E-state index is 4.46. The molecule has 1 saturated carbocycles. The Bertz CT molecular complexity index is 332. The normalized spacial score (nSPS) is 18.6. The number of nitrogens with one attached hydrogen (secondary N) is 1. The fraction of sp³-hybridized carbons (Fsp3) is 0.545. The van der Waals surface area contributed by atoms with Gasteiger partial charge in [-0.1, -0.05) is 0 Å². The summed E-state index contributed by atoms with van der Waals surface area (Å²) in [5.41, 5.74) is 1.40. The van der Waals surface area contributed by atoms with Crippen LogP contribution in [-0.4, -0.2) is 11.0 Å². The molecular formula is C11H15IN2. The van der Waals surface area contributed by atoms with Gasteiger partial charge < -0.3 is 5.32 Å². The van der Waals surface area contributed by atoms with Crippen molar-refractivity contribution in [2.75, 3.05) is 0 Å². The van der Waals surface area contributed by atoms with Gasteiger partial charge in [0.1, 0.15) is 0 Å². The van der Waals surface area contributed by atoms with Crippen molar-refractivity contribution in [3.63, 3.8) is 0 Å². The predicted molar refractivity (Wildman–Crippen MR) is 66.1 cm³/mol. The van der Waals surface area contributed by atoms with Crippen molar-refractivity contribution in [2.45, 2.75) is 38.3 Å². The average Bonchev–Trinajstić information content (AvgIpc) is 2.84. The van der Waals surface area contributed by atoms with Gasteiger partial charge in [0, 0.05) is 15.8 Å². The molecule has 1 aromatic heterocycles. The van der Waals surface area contributed by atoms with Gasteiger partial charge in [-0.3, -0.25) is 4.98 Å². The molecular weight excluding hydrogens is 287 g/mol. The Morgan fingerprint density at radius 3 is 2.71 bits per heavy atom. The second-order valence-electron chi connectivity index (χ2n) is 4.24. The van der Waals surface area contributed by atoms with Crippen LogP contribution in [0.25, 0.3) is 0 Å². The van der Waals surface area contributed by atoms with Crippen LogP contribution in [0.15, 0.2) is 18.3 Å². The fourth-order valence-electron chi connectivity index (χ4n) is 1.82. The lowest BCUT2D eigenvalue weighted by molar-refractivity contribution is 0.452. The first-order chi connectivity index (χ1) is 6.62. The number of hydrogen-bond donors (Lipinski definition) is 1. The SMILES string of the molecule is CC(C)NC1(c2cc(I)ccn2)CC1. The van der Waals surface area contributed by atoms with Gasteiger partial charge in [0.2, 0.25) is 0 Å². The van der Waals surface area contributed by atoms with E-state index in [2.05, 4.69) is 52.8 Å². The third-order valence-corrected chi connectivity index (χ3v) is 3.20. The van der Waals surface area contributed by atoms with Gasteiger partial charge in [0.15, 0.2) is 0 Å². The summed E-state index contributed by atoms with van der Waals surface area (Å²) in [4.78, 5) is 4.46. The summed E-state index contributed by atoms with van der Waals surface area (Å²) in [6.07, 6.45) is 4.34. The second-order valence-corrected chi connectivity index (χ2v) is 5.49. The maximum Gasteiger partial charge on any atom is 0.0615 e. The van der Waals surface area contributed by atoms with Crippen LogP contribution in [0.2, 0.25) is 0 Å². The first-order valence-electron chi connectivity index (χ1n) is 5.02. The molecule has 0 amide bonds. The lowest BCUT2D eigenvalue weighted by Crippen LogP contribution is -2.35. The highest BCUT2D eigenvalue weighted by atomic mass is 127. The summed E-state index contributed by atoms with van der Waals surface area (Å²) in [6.45, 7) is 4.38. The first kappa shape index (κ1) is 10.4. The van der Waals surface area contributed by atoms with Crippen LogP contribution in [0, 0.1) is 3.57 Å². The summed E-state index contributed by atoms with van der Waals surface area (Å²) in [5, 5.41) is 3.61. The molecule has 1 aromatic rings. The molecule has 0 spiro atoms. The van der Waals surface area contributed by atoms with Gasteiger partial charge in [-0.25, -0.2) is 0 Å². The third-order valence-electron chi connectivity index (χ3n) is 2.53. The molecule has 0 bridgehead atoms. The molecule has 1 aliphatic rings. The van der Waals surface area contributed by atoms with Crippen molar-refractivity contribution in [2.24, 2.45) is 0 Å². The minimum Gasteiger partial charge on any atom is -0.304 e. The van der Waals surface area contributed by atoms with Crippen LogP contribution in [0.1, 0.15) is 32.4 Å². The Balaban J connectivity index is 2.22. The highest BCUT2D eigenvalue weighted by Gasteiger charge is 2.45. The van der Waals surface area contributed by atoms with Crippen LogP contribution in [-0.2, 0) is 5.54 Å². The quantitative estimate of drug-likeness (QED) is 0.868. The molecule has 0 atom stereocenters. The van der Waals surface area contributed by atoms with E-state index in [9.17, 15) is 0 Å². The molecule has 2 rings (SSSR count). The summed E-state index contributed by atoms with van der Waals surface area (Å²) in [7, 11) is 0. The third kappa shape index (κ3) is 2.08. The zero-order chi connectivity index (χ0) is 10.2. The summed E-state index contributed by atoms with van der Waals surface area (Å²) in [6, 6.07) is 4.75. The van der Waals surface area contributed by atoms with Crippen molar-refractivity contribution in [3.05, 3.63) is 27.6 Å². The molecule has 0 aromatic carbocycles. The molecule has 2 nitrogen and oxygen atoms in total. The molecule has 1 heterocycles. The van der Waals surface area contributed by atoms with E-state index in [-0.39, 0.29) is 5.54 Å². The number of pyridine rings is 1. The Morgan fingerprint density at radius 1 is 1.50 bits per heavy atom. The lowest BCUT2D eigenvalue weighted by Gasteiger charge is -2.19. The summed E-state index contributed by atoms with van der Waals surface area (Å²) in [5.74, 6) is 0. The highest BCUT2D eigenvalue weighted by Crippen LogP contribution is 2.45. The van der Waals surface area contributed by atoms with E-state index in [0.29, 0.717) is 6.04 Å². The Kier molecular flexibility index (Phi) is 2.79. The number of aromatic nitrogens is 1. The number of rotatable bonds is 3. The van der Waals surface area contributed by atoms with E-state index in [1.165, 1.54) is 22.1 Å². The minimum absolute atomic E-state index is 0.190. The first-order valence-corrected chi connectivity index (χ1v) is 6.10. The Hall–Kier alpha value is -0.160. The van der Waals surface area contributed by atoms with E-state index in [4.69, 9.17) is 0 Å². The molecule has 1 aliphatic carbocycles. The standard InChI is InChI=1S/C11H15IN2/c1-8(2)14-11(4-5-11)10-7-9(12)3-6-13-10/h3,6-8,14H,4-5H2,1-2H3. The maximum atomic E-state index is 4.46. The molecule has 0 saturated heterocycles. The highest BCUT2D eigenvalue weighted by molar-refractivity contribution is 14.1. The van der Waals surface area contributed by atoms with Gasteiger partial charge in [0.25, 0.3) is 0 Å². The Morgan fingerprint density at radius 2 is 2.21 bits per heavy atom. The van der Waals surface area contributed by atoms with E-state index in [1.807, 2.05) is 12.3 Å². The minimum atomic E-state index is 0.190. The zero-order valence-electron chi connectivity index (χ0n) is 8.55. The molecule has 3 heteroatoms. The van der Waals surface area contributed by atoms with E-state index in [1.54, 1.807) is 0 Å². The van der Waals surface area contributed by atoms with Crippen molar-refractivity contribution in [1.82, 2.24) is 10.3 Å². The van der Waals surface area contributed by atoms with Crippen LogP contribution >= 0.6 is 22.6 Å². The largest absolute Gasteiger partial charge is 0.304 e. The van der Waals surface area contributed by atoms with Crippen LogP contribution in [0.3, 0.4) is 0 Å². The van der Waals surface area contributed by atoms with Crippen molar-refractivity contribution < 1.29 is 0 Å². The molecule has 0 unspecified atom stereocenters. The van der Waals surface area contributed by atoms with Gasteiger partial charge in [-0.15, -0.1) is 0 Å². The molecule has 76 valence electrons. The number of nitrogens with zero attached hydrogens (tertiary/aromatic N) is 1. The average molecular weight is 302 g/mol. The van der Waals surface area contributed by atoms with Crippen LogP contribution in [0.5, 0.6) is 0 Å². The monoisotopic (exact) mass is 302 g/mol. The van der Waals surface area contributed by atoms with Crippen molar-refractivity contribution in [3.8, 4) is 0 Å². The molecule has 0 aliphatic heterocycles.